The molecule has 0 unspecified atom stereocenters. The molecule has 5 heteroatoms. The van der Waals surface area contributed by atoms with Gasteiger partial charge in [0.2, 0.25) is 6.41 Å². The molecule has 11 heavy (non-hydrogen) atoms. The van der Waals surface area contributed by atoms with E-state index < -0.39 is 6.67 Å². The van der Waals surface area contributed by atoms with Gasteiger partial charge in [0.15, 0.2) is 0 Å². The second-order valence-electron chi connectivity index (χ2n) is 1.89. The molecule has 0 aliphatic carbocycles. The lowest BCUT2D eigenvalue weighted by molar-refractivity contribution is -0.105. The molecule has 1 aromatic rings. The van der Waals surface area contributed by atoms with E-state index >= 15 is 0 Å². The number of hydrogen-bond acceptors (Lipinski definition) is 2. The third-order valence-corrected chi connectivity index (χ3v) is 1.22. The van der Waals surface area contributed by atoms with Crippen molar-refractivity contribution in [2.75, 3.05) is 12.0 Å². The van der Waals surface area contributed by atoms with Crippen molar-refractivity contribution in [3.05, 3.63) is 12.3 Å². The van der Waals surface area contributed by atoms with Crippen molar-refractivity contribution in [1.82, 2.24) is 9.78 Å². The Bertz CT molecular complexity index is 235. The first kappa shape index (κ1) is 7.71. The summed E-state index contributed by atoms with van der Waals surface area (Å²) in [4.78, 5) is 9.98. The maximum absolute atomic E-state index is 11.8. The predicted molar refractivity (Wildman–Crippen MR) is 37.9 cm³/mol. The molecule has 0 radical (unpaired) electrons. The molecule has 1 amide bonds. The highest BCUT2D eigenvalue weighted by Crippen LogP contribution is 2.03. The van der Waals surface area contributed by atoms with Crippen LogP contribution in [0.1, 0.15) is 0 Å². The number of carbonyl (C=O) groups is 1. The van der Waals surface area contributed by atoms with Crippen LogP contribution in [0.15, 0.2) is 12.3 Å². The lowest BCUT2D eigenvalue weighted by Crippen LogP contribution is -2.07. The molecular formula is C6H8FN3O. The van der Waals surface area contributed by atoms with Crippen molar-refractivity contribution >= 4 is 12.2 Å². The van der Waals surface area contributed by atoms with Crippen molar-refractivity contribution in [1.29, 1.82) is 0 Å². The minimum absolute atomic E-state index is 0.170. The number of hydrogen-bond donors (Lipinski definition) is 1. The van der Waals surface area contributed by atoms with Gasteiger partial charge in [-0.3, -0.25) is 4.79 Å². The maximum atomic E-state index is 11.8. The fraction of sp³-hybridized carbons (Fsp3) is 0.333. The van der Waals surface area contributed by atoms with Gasteiger partial charge in [0.05, 0.1) is 12.7 Å². The Hall–Kier alpha value is -1.39. The van der Waals surface area contributed by atoms with E-state index in [1.54, 1.807) is 6.07 Å². The molecule has 0 aromatic carbocycles. The number of anilines is 1. The molecule has 0 saturated heterocycles. The summed E-state index contributed by atoms with van der Waals surface area (Å²) >= 11 is 0. The van der Waals surface area contributed by atoms with Crippen molar-refractivity contribution in [2.24, 2.45) is 0 Å². The van der Waals surface area contributed by atoms with E-state index in [0.717, 1.165) is 0 Å². The van der Waals surface area contributed by atoms with Crippen molar-refractivity contribution in [3.8, 4) is 0 Å². The number of rotatable bonds is 4. The van der Waals surface area contributed by atoms with Crippen LogP contribution in [0.25, 0.3) is 0 Å². The molecule has 4 nitrogen and oxygen atoms in total. The summed E-state index contributed by atoms with van der Waals surface area (Å²) in [6.45, 7) is -0.321. The predicted octanol–water partition coefficient (Wildman–Crippen LogP) is 0.421. The van der Waals surface area contributed by atoms with Gasteiger partial charge in [-0.15, -0.1) is 0 Å². The van der Waals surface area contributed by atoms with E-state index in [0.29, 0.717) is 12.2 Å². The van der Waals surface area contributed by atoms with Crippen LogP contribution in [-0.2, 0) is 11.3 Å². The average Bonchev–Trinajstić information content (AvgIpc) is 2.39. The molecule has 0 bridgehead atoms. The summed E-state index contributed by atoms with van der Waals surface area (Å²) in [5.74, 6) is 0.512. The molecular weight excluding hydrogens is 149 g/mol. The van der Waals surface area contributed by atoms with E-state index in [9.17, 15) is 9.18 Å². The first-order valence-electron chi connectivity index (χ1n) is 3.16. The van der Waals surface area contributed by atoms with Crippen LogP contribution in [0, 0.1) is 0 Å². The maximum Gasteiger partial charge on any atom is 0.212 e. The van der Waals surface area contributed by atoms with Gasteiger partial charge in [0.25, 0.3) is 0 Å². The number of halogens is 1. The number of amides is 1. The largest absolute Gasteiger partial charge is 0.314 e. The lowest BCUT2D eigenvalue weighted by Gasteiger charge is -2.01. The van der Waals surface area contributed by atoms with Crippen LogP contribution in [0.4, 0.5) is 10.2 Å². The molecule has 0 aliphatic rings. The van der Waals surface area contributed by atoms with Crippen LogP contribution in [0.5, 0.6) is 0 Å². The monoisotopic (exact) mass is 157 g/mol. The van der Waals surface area contributed by atoms with Gasteiger partial charge >= 0.3 is 0 Å². The molecule has 0 saturated carbocycles. The average molecular weight is 157 g/mol. The smallest absolute Gasteiger partial charge is 0.212 e. The Morgan fingerprint density at radius 3 is 3.27 bits per heavy atom. The normalized spacial score (nSPS) is 9.55. The van der Waals surface area contributed by atoms with Crippen LogP contribution in [0.2, 0.25) is 0 Å². The van der Waals surface area contributed by atoms with Crippen molar-refractivity contribution in [2.45, 2.75) is 6.54 Å². The van der Waals surface area contributed by atoms with Gasteiger partial charge in [0.1, 0.15) is 12.5 Å². The fourth-order valence-corrected chi connectivity index (χ4v) is 0.774. The number of nitrogens with one attached hydrogen (secondary N) is 1. The van der Waals surface area contributed by atoms with Crippen LogP contribution >= 0.6 is 0 Å². The van der Waals surface area contributed by atoms with Gasteiger partial charge in [-0.05, 0) is 0 Å². The number of carbonyl (C=O) groups excluding carboxylic acids is 1. The Kier molecular flexibility index (Phi) is 2.59. The second-order valence-corrected chi connectivity index (χ2v) is 1.89. The molecule has 1 aromatic heterocycles. The molecule has 0 aliphatic heterocycles. The summed E-state index contributed by atoms with van der Waals surface area (Å²) in [5, 5.41) is 6.17. The minimum Gasteiger partial charge on any atom is -0.314 e. The zero-order chi connectivity index (χ0) is 8.10. The summed E-state index contributed by atoms with van der Waals surface area (Å²) in [5.41, 5.74) is 0. The quantitative estimate of drug-likeness (QED) is 0.644. The molecule has 60 valence electrons. The third-order valence-electron chi connectivity index (χ3n) is 1.22. The molecule has 0 spiro atoms. The van der Waals surface area contributed by atoms with Crippen molar-refractivity contribution in [3.63, 3.8) is 0 Å². The van der Waals surface area contributed by atoms with Crippen LogP contribution in [-0.4, -0.2) is 22.9 Å². The zero-order valence-electron chi connectivity index (χ0n) is 5.83. The SMILES string of the molecule is O=CNc1ccnn1CCF. The molecule has 1 rings (SSSR count). The highest BCUT2D eigenvalue weighted by Gasteiger charge is 1.98. The lowest BCUT2D eigenvalue weighted by atomic mass is 10.6. The van der Waals surface area contributed by atoms with Crippen LogP contribution in [0.3, 0.4) is 0 Å². The van der Waals surface area contributed by atoms with E-state index in [1.807, 2.05) is 0 Å². The van der Waals surface area contributed by atoms with E-state index in [-0.39, 0.29) is 6.54 Å². The standard InChI is InChI=1S/C6H8FN3O/c7-2-4-10-6(8-5-11)1-3-9-10/h1,3,5H,2,4H2,(H,8,11). The molecule has 1 N–H and O–H groups in total. The van der Waals surface area contributed by atoms with E-state index in [1.165, 1.54) is 10.9 Å². The van der Waals surface area contributed by atoms with Gasteiger partial charge < -0.3 is 5.32 Å². The summed E-state index contributed by atoms with van der Waals surface area (Å²) < 4.78 is 13.2. The topological polar surface area (TPSA) is 46.9 Å². The molecule has 1 heterocycles. The number of alkyl halides is 1. The highest BCUT2D eigenvalue weighted by molar-refractivity contribution is 5.68. The summed E-state index contributed by atoms with van der Waals surface area (Å²) in [6.07, 6.45) is 2.03. The van der Waals surface area contributed by atoms with E-state index in [2.05, 4.69) is 10.4 Å². The zero-order valence-corrected chi connectivity index (χ0v) is 5.83. The number of nitrogens with zero attached hydrogens (tertiary/aromatic N) is 2. The Balaban J connectivity index is 2.69. The minimum atomic E-state index is -0.491. The Morgan fingerprint density at radius 1 is 1.82 bits per heavy atom. The third kappa shape index (κ3) is 1.76. The second kappa shape index (κ2) is 3.70. The molecule has 0 atom stereocenters. The number of aromatic nitrogens is 2. The van der Waals surface area contributed by atoms with E-state index in [4.69, 9.17) is 0 Å². The Morgan fingerprint density at radius 2 is 2.64 bits per heavy atom. The highest BCUT2D eigenvalue weighted by atomic mass is 19.1. The summed E-state index contributed by atoms with van der Waals surface area (Å²) in [7, 11) is 0. The number of aryl methyl sites for hydroxylation is 1. The van der Waals surface area contributed by atoms with Gasteiger partial charge in [-0.1, -0.05) is 0 Å². The van der Waals surface area contributed by atoms with Gasteiger partial charge in [-0.25, -0.2) is 9.07 Å². The fourth-order valence-electron chi connectivity index (χ4n) is 0.774. The van der Waals surface area contributed by atoms with Crippen molar-refractivity contribution < 1.29 is 9.18 Å². The molecule has 0 fully saturated rings. The first-order valence-corrected chi connectivity index (χ1v) is 3.16. The van der Waals surface area contributed by atoms with Gasteiger partial charge in [-0.2, -0.15) is 5.10 Å². The Labute approximate surface area is 63.0 Å². The van der Waals surface area contributed by atoms with Gasteiger partial charge in [0, 0.05) is 6.07 Å². The van der Waals surface area contributed by atoms with Crippen LogP contribution < -0.4 is 5.32 Å². The first-order chi connectivity index (χ1) is 5.38. The summed E-state index contributed by atoms with van der Waals surface area (Å²) in [6, 6.07) is 1.60.